The topological polar surface area (TPSA) is 112 Å². The SMILES string of the molecule is CNC(=O)COc1ccc(COC(=O)[C@H](CSC(C)(C)C)NC(=O)OCC2c3ccccc3-c3ccccc32)c(OC)c1. The summed E-state index contributed by atoms with van der Waals surface area (Å²) in [6.45, 7) is 6.02. The Labute approximate surface area is 256 Å². The lowest BCUT2D eigenvalue weighted by atomic mass is 9.98. The number of carbonyl (C=O) groups excluding carboxylic acids is 3. The van der Waals surface area contributed by atoms with Gasteiger partial charge in [-0.05, 0) is 34.4 Å². The fourth-order valence-corrected chi connectivity index (χ4v) is 5.57. The van der Waals surface area contributed by atoms with Crippen molar-refractivity contribution in [2.24, 2.45) is 0 Å². The minimum atomic E-state index is -0.930. The van der Waals surface area contributed by atoms with Gasteiger partial charge in [0.2, 0.25) is 0 Å². The first kappa shape index (κ1) is 31.7. The lowest BCUT2D eigenvalue weighted by molar-refractivity contribution is -0.146. The van der Waals surface area contributed by atoms with Crippen molar-refractivity contribution in [3.05, 3.63) is 83.4 Å². The average molecular weight is 607 g/mol. The Morgan fingerprint density at radius 2 is 1.58 bits per heavy atom. The molecule has 0 bridgehead atoms. The Bertz CT molecular complexity index is 1410. The number of carbonyl (C=O) groups is 3. The lowest BCUT2D eigenvalue weighted by Gasteiger charge is -2.23. The molecule has 3 aromatic carbocycles. The van der Waals surface area contributed by atoms with Gasteiger partial charge in [0.25, 0.3) is 5.91 Å². The van der Waals surface area contributed by atoms with Crippen LogP contribution in [0, 0.1) is 0 Å². The highest BCUT2D eigenvalue weighted by molar-refractivity contribution is 8.00. The van der Waals surface area contributed by atoms with Crippen molar-refractivity contribution in [3.8, 4) is 22.6 Å². The largest absolute Gasteiger partial charge is 0.496 e. The van der Waals surface area contributed by atoms with E-state index in [1.54, 1.807) is 18.2 Å². The first-order valence-corrected chi connectivity index (χ1v) is 15.0. The summed E-state index contributed by atoms with van der Waals surface area (Å²) >= 11 is 1.53. The summed E-state index contributed by atoms with van der Waals surface area (Å²) in [7, 11) is 3.02. The number of thioether (sulfide) groups is 1. The number of benzene rings is 3. The molecule has 0 unspecified atom stereocenters. The molecular weight excluding hydrogens is 568 g/mol. The number of alkyl carbamates (subject to hydrolysis) is 1. The van der Waals surface area contributed by atoms with Gasteiger partial charge in [-0.15, -0.1) is 0 Å². The highest BCUT2D eigenvalue weighted by Gasteiger charge is 2.30. The smallest absolute Gasteiger partial charge is 0.407 e. The normalized spacial score (nSPS) is 12.9. The van der Waals surface area contributed by atoms with Gasteiger partial charge in [-0.3, -0.25) is 4.79 Å². The maximum atomic E-state index is 13.2. The van der Waals surface area contributed by atoms with Gasteiger partial charge in [0, 0.05) is 35.1 Å². The fourth-order valence-electron chi connectivity index (χ4n) is 4.69. The minimum absolute atomic E-state index is 0.0826. The number of fused-ring (bicyclic) bond motifs is 3. The van der Waals surface area contributed by atoms with Gasteiger partial charge in [-0.25, -0.2) is 9.59 Å². The van der Waals surface area contributed by atoms with Gasteiger partial charge >= 0.3 is 12.1 Å². The van der Waals surface area contributed by atoms with Gasteiger partial charge < -0.3 is 29.6 Å². The maximum absolute atomic E-state index is 13.2. The molecule has 0 aliphatic heterocycles. The van der Waals surface area contributed by atoms with E-state index in [-0.39, 0.29) is 36.4 Å². The summed E-state index contributed by atoms with van der Waals surface area (Å²) in [5, 5.41) is 5.21. The molecule has 228 valence electrons. The maximum Gasteiger partial charge on any atom is 0.407 e. The highest BCUT2D eigenvalue weighted by atomic mass is 32.2. The predicted molar refractivity (Wildman–Crippen MR) is 167 cm³/mol. The van der Waals surface area contributed by atoms with Gasteiger partial charge in [0.1, 0.15) is 30.8 Å². The molecule has 4 rings (SSSR count). The van der Waals surface area contributed by atoms with Crippen LogP contribution in [0.25, 0.3) is 11.1 Å². The first-order chi connectivity index (χ1) is 20.6. The molecule has 0 saturated carbocycles. The summed E-state index contributed by atoms with van der Waals surface area (Å²) in [4.78, 5) is 37.7. The molecule has 9 nitrogen and oxygen atoms in total. The molecule has 0 aromatic heterocycles. The number of methoxy groups -OCH3 is 1. The van der Waals surface area contributed by atoms with E-state index in [1.165, 1.54) is 25.9 Å². The van der Waals surface area contributed by atoms with E-state index in [0.717, 1.165) is 22.3 Å². The van der Waals surface area contributed by atoms with Crippen LogP contribution in [0.3, 0.4) is 0 Å². The minimum Gasteiger partial charge on any atom is -0.496 e. The van der Waals surface area contributed by atoms with Crippen LogP contribution in [0.4, 0.5) is 4.79 Å². The quantitative estimate of drug-likeness (QED) is 0.267. The lowest BCUT2D eigenvalue weighted by Crippen LogP contribution is -2.44. The molecule has 10 heteroatoms. The van der Waals surface area contributed by atoms with E-state index < -0.39 is 18.1 Å². The first-order valence-electron chi connectivity index (χ1n) is 14.0. The van der Waals surface area contributed by atoms with E-state index in [4.69, 9.17) is 18.9 Å². The zero-order chi connectivity index (χ0) is 31.0. The third kappa shape index (κ3) is 8.44. The molecule has 2 amide bonds. The highest BCUT2D eigenvalue weighted by Crippen LogP contribution is 2.44. The second-order valence-corrected chi connectivity index (χ2v) is 12.8. The molecule has 0 fully saturated rings. The Hall–Kier alpha value is -4.18. The zero-order valence-corrected chi connectivity index (χ0v) is 25.9. The summed E-state index contributed by atoms with van der Waals surface area (Å²) in [5.74, 6) is 0.227. The number of amides is 2. The molecule has 2 N–H and O–H groups in total. The van der Waals surface area contributed by atoms with Crippen molar-refractivity contribution < 1.29 is 33.3 Å². The summed E-state index contributed by atoms with van der Waals surface area (Å²) < 4.78 is 22.1. The zero-order valence-electron chi connectivity index (χ0n) is 25.1. The van der Waals surface area contributed by atoms with Crippen molar-refractivity contribution in [2.75, 3.05) is 33.1 Å². The van der Waals surface area contributed by atoms with Crippen LogP contribution in [0.1, 0.15) is 43.4 Å². The molecule has 3 aromatic rings. The number of hydrogen-bond acceptors (Lipinski definition) is 8. The summed E-state index contributed by atoms with van der Waals surface area (Å²) in [6.07, 6.45) is -0.687. The summed E-state index contributed by atoms with van der Waals surface area (Å²) in [5.41, 5.74) is 5.09. The van der Waals surface area contributed by atoms with E-state index >= 15 is 0 Å². The molecule has 0 radical (unpaired) electrons. The van der Waals surface area contributed by atoms with Crippen LogP contribution in [0.15, 0.2) is 66.7 Å². The second kappa shape index (κ2) is 14.3. The molecule has 0 heterocycles. The molecule has 1 atom stereocenters. The Balaban J connectivity index is 1.39. The second-order valence-electron chi connectivity index (χ2n) is 11.0. The number of likely N-dealkylation sites (N-methyl/N-ethyl adjacent to an activating group) is 1. The number of ether oxygens (including phenoxy) is 4. The number of nitrogens with one attached hydrogen (secondary N) is 2. The van der Waals surface area contributed by atoms with E-state index in [9.17, 15) is 14.4 Å². The molecule has 0 spiro atoms. The van der Waals surface area contributed by atoms with Crippen LogP contribution in [-0.2, 0) is 25.7 Å². The van der Waals surface area contributed by atoms with Gasteiger partial charge in [0.15, 0.2) is 6.61 Å². The van der Waals surface area contributed by atoms with Crippen molar-refractivity contribution >= 4 is 29.7 Å². The van der Waals surface area contributed by atoms with Crippen molar-refractivity contribution in [1.82, 2.24) is 10.6 Å². The molecular formula is C33H38N2O7S. The Morgan fingerprint density at radius 3 is 2.19 bits per heavy atom. The number of esters is 1. The van der Waals surface area contributed by atoms with Crippen LogP contribution < -0.4 is 20.1 Å². The molecule has 1 aliphatic rings. The fraction of sp³-hybridized carbons (Fsp3) is 0.364. The van der Waals surface area contributed by atoms with Crippen molar-refractivity contribution in [1.29, 1.82) is 0 Å². The molecule has 1 aliphatic carbocycles. The van der Waals surface area contributed by atoms with Crippen LogP contribution >= 0.6 is 11.8 Å². The summed E-state index contributed by atoms with van der Waals surface area (Å²) in [6, 6.07) is 20.3. The van der Waals surface area contributed by atoms with Gasteiger partial charge in [-0.1, -0.05) is 69.3 Å². The van der Waals surface area contributed by atoms with E-state index in [0.29, 0.717) is 22.8 Å². The monoisotopic (exact) mass is 606 g/mol. The van der Waals surface area contributed by atoms with E-state index in [1.807, 2.05) is 45.0 Å². The number of hydrogen-bond donors (Lipinski definition) is 2. The number of rotatable bonds is 12. The molecule has 0 saturated heterocycles. The average Bonchev–Trinajstić information content (AvgIpc) is 3.32. The van der Waals surface area contributed by atoms with Gasteiger partial charge in [0.05, 0.1) is 7.11 Å². The van der Waals surface area contributed by atoms with Gasteiger partial charge in [-0.2, -0.15) is 11.8 Å². The molecule has 43 heavy (non-hydrogen) atoms. The van der Waals surface area contributed by atoms with Crippen molar-refractivity contribution in [3.63, 3.8) is 0 Å². The Morgan fingerprint density at radius 1 is 0.930 bits per heavy atom. The third-order valence-electron chi connectivity index (χ3n) is 6.88. The van der Waals surface area contributed by atoms with Crippen LogP contribution in [0.5, 0.6) is 11.5 Å². The third-order valence-corrected chi connectivity index (χ3v) is 8.25. The van der Waals surface area contributed by atoms with Crippen LogP contribution in [0.2, 0.25) is 0 Å². The van der Waals surface area contributed by atoms with E-state index in [2.05, 4.69) is 34.9 Å². The predicted octanol–water partition coefficient (Wildman–Crippen LogP) is 5.30. The Kier molecular flexibility index (Phi) is 10.6. The standard InChI is InChI=1S/C33H38N2O7S/c1-33(2,3)43-20-28(31(37)41-17-21-14-15-22(16-29(21)39-5)40-19-30(36)34-4)35-32(38)42-18-27-25-12-8-6-10-23(25)24-11-7-9-13-26(24)27/h6-16,27-28H,17-20H2,1-5H3,(H,34,36)(H,35,38)/t28-/m0/s1. The van der Waals surface area contributed by atoms with Crippen LogP contribution in [-0.4, -0.2) is 61.9 Å². The van der Waals surface area contributed by atoms with Crippen molar-refractivity contribution in [2.45, 2.75) is 44.1 Å².